The monoisotopic (exact) mass is 428 g/mol. The maximum absolute atomic E-state index is 12.8. The lowest BCUT2D eigenvalue weighted by molar-refractivity contribution is -0.131. The van der Waals surface area contributed by atoms with E-state index in [1.165, 1.54) is 20.8 Å². The Morgan fingerprint density at radius 1 is 1.08 bits per heavy atom. The number of thiophene rings is 1. The molecule has 0 spiro atoms. The second-order valence-electron chi connectivity index (χ2n) is 6.21. The summed E-state index contributed by atoms with van der Waals surface area (Å²) in [5.41, 5.74) is 1.21. The molecule has 0 N–H and O–H groups in total. The summed E-state index contributed by atoms with van der Waals surface area (Å²) in [7, 11) is -3.53. The van der Waals surface area contributed by atoms with Gasteiger partial charge < -0.3 is 4.90 Å². The molecular weight excluding hydrogens is 412 g/mol. The fourth-order valence-corrected chi connectivity index (χ4v) is 7.57. The molecule has 0 aliphatic carbocycles. The molecular formula is C17H17ClN2O3S3. The van der Waals surface area contributed by atoms with Crippen molar-refractivity contribution in [2.45, 2.75) is 20.8 Å². The molecule has 1 amide bonds. The van der Waals surface area contributed by atoms with Crippen LogP contribution in [0.4, 0.5) is 0 Å². The van der Waals surface area contributed by atoms with E-state index in [-0.39, 0.29) is 15.4 Å². The molecule has 1 saturated heterocycles. The van der Waals surface area contributed by atoms with Crippen LogP contribution in [-0.4, -0.2) is 55.0 Å². The highest BCUT2D eigenvalue weighted by atomic mass is 35.5. The predicted molar refractivity (Wildman–Crippen MR) is 104 cm³/mol. The van der Waals surface area contributed by atoms with Crippen molar-refractivity contribution in [3.8, 4) is 0 Å². The van der Waals surface area contributed by atoms with Gasteiger partial charge in [0.25, 0.3) is 10.0 Å². The second kappa shape index (κ2) is 7.16. The third-order valence-corrected chi connectivity index (χ3v) is 9.52. The van der Waals surface area contributed by atoms with Gasteiger partial charge in [0, 0.05) is 31.1 Å². The van der Waals surface area contributed by atoms with E-state index in [0.717, 1.165) is 17.8 Å². The van der Waals surface area contributed by atoms with Gasteiger partial charge in [0.2, 0.25) is 5.91 Å². The molecule has 1 aromatic carbocycles. The van der Waals surface area contributed by atoms with Crippen LogP contribution in [0.2, 0.25) is 4.34 Å². The van der Waals surface area contributed by atoms with Crippen LogP contribution in [0.1, 0.15) is 5.56 Å². The highest BCUT2D eigenvalue weighted by Crippen LogP contribution is 2.38. The number of hydrogen-bond acceptors (Lipinski definition) is 5. The molecule has 0 unspecified atom stereocenters. The van der Waals surface area contributed by atoms with E-state index in [2.05, 4.69) is 6.07 Å². The van der Waals surface area contributed by atoms with Crippen LogP contribution in [-0.2, 0) is 21.2 Å². The maximum Gasteiger partial charge on any atom is 0.252 e. The Morgan fingerprint density at radius 3 is 2.46 bits per heavy atom. The Labute approximate surface area is 166 Å². The van der Waals surface area contributed by atoms with Crippen molar-refractivity contribution >= 4 is 50.6 Å². The molecule has 2 aromatic rings. The summed E-state index contributed by atoms with van der Waals surface area (Å²) < 4.78 is 27.5. The lowest BCUT2D eigenvalue weighted by atomic mass is 10.1. The van der Waals surface area contributed by atoms with Gasteiger partial charge >= 0.3 is 0 Å². The van der Waals surface area contributed by atoms with Gasteiger partial charge in [0.05, 0.1) is 9.59 Å². The minimum absolute atomic E-state index is 0.0995. The third kappa shape index (κ3) is 3.41. The zero-order chi connectivity index (χ0) is 18.3. The summed E-state index contributed by atoms with van der Waals surface area (Å²) >= 11 is 8.53. The fourth-order valence-electron chi connectivity index (χ4n) is 3.24. The first-order chi connectivity index (χ1) is 12.4. The van der Waals surface area contributed by atoms with Crippen LogP contribution >= 0.6 is 34.7 Å². The minimum Gasteiger partial charge on any atom is -0.339 e. The molecule has 9 heteroatoms. The molecule has 0 radical (unpaired) electrons. The number of piperazine rings is 1. The number of benzene rings is 1. The summed E-state index contributed by atoms with van der Waals surface area (Å²) in [6, 6.07) is 11.2. The summed E-state index contributed by atoms with van der Waals surface area (Å²) in [5.74, 6) is 0.0995. The highest BCUT2D eigenvalue weighted by molar-refractivity contribution is 8.01. The number of fused-ring (bicyclic) bond motifs is 1. The number of nitrogens with zero attached hydrogens (tertiary/aromatic N) is 2. The van der Waals surface area contributed by atoms with Crippen molar-refractivity contribution in [1.29, 1.82) is 0 Å². The molecule has 0 bridgehead atoms. The first-order valence-corrected chi connectivity index (χ1v) is 11.8. The van der Waals surface area contributed by atoms with Crippen molar-refractivity contribution in [2.75, 3.05) is 26.2 Å². The quantitative estimate of drug-likeness (QED) is 0.754. The van der Waals surface area contributed by atoms with E-state index in [0.29, 0.717) is 30.5 Å². The number of halogens is 1. The first kappa shape index (κ1) is 18.3. The number of carbonyl (C=O) groups is 1. The molecule has 2 aliphatic rings. The van der Waals surface area contributed by atoms with Crippen molar-refractivity contribution in [2.24, 2.45) is 0 Å². The van der Waals surface area contributed by atoms with E-state index in [4.69, 9.17) is 11.6 Å². The lowest BCUT2D eigenvalue weighted by Gasteiger charge is -2.34. The Morgan fingerprint density at radius 2 is 1.81 bits per heavy atom. The molecule has 1 fully saturated rings. The summed E-state index contributed by atoms with van der Waals surface area (Å²) in [5, 5.41) is -0.105. The van der Waals surface area contributed by atoms with Crippen molar-refractivity contribution in [3.05, 3.63) is 46.3 Å². The zero-order valence-corrected chi connectivity index (χ0v) is 17.0. The van der Waals surface area contributed by atoms with Crippen LogP contribution < -0.4 is 0 Å². The molecule has 2 aliphatic heterocycles. The van der Waals surface area contributed by atoms with E-state index < -0.39 is 10.0 Å². The highest BCUT2D eigenvalue weighted by Gasteiger charge is 2.35. The Hall–Kier alpha value is -1.06. The number of rotatable bonds is 3. The van der Waals surface area contributed by atoms with E-state index in [9.17, 15) is 13.2 Å². The molecule has 26 heavy (non-hydrogen) atoms. The van der Waals surface area contributed by atoms with E-state index >= 15 is 0 Å². The van der Waals surface area contributed by atoms with Gasteiger partial charge in [-0.3, -0.25) is 4.79 Å². The topological polar surface area (TPSA) is 57.7 Å². The van der Waals surface area contributed by atoms with Gasteiger partial charge in [0.1, 0.15) is 4.21 Å². The Bertz CT molecular complexity index is 911. The summed E-state index contributed by atoms with van der Waals surface area (Å²) in [6.45, 7) is 1.47. The standard InChI is InChI=1S/C17H17ClN2O3S3/c18-15-5-6-16(25-15)26(22,23)20-9-7-19(8-10-20)17(21)14-11-12-3-1-2-4-13(12)24-14/h1-6,14H,7-11H2/t14-/m1/s1. The largest absolute Gasteiger partial charge is 0.339 e. The van der Waals surface area contributed by atoms with Crippen molar-refractivity contribution in [3.63, 3.8) is 0 Å². The molecule has 1 aromatic heterocycles. The Kier molecular flexibility index (Phi) is 5.04. The summed E-state index contributed by atoms with van der Waals surface area (Å²) in [6.07, 6.45) is 0.742. The van der Waals surface area contributed by atoms with Gasteiger partial charge in [-0.15, -0.1) is 23.1 Å². The molecule has 5 nitrogen and oxygen atoms in total. The predicted octanol–water partition coefficient (Wildman–Crippen LogP) is 2.95. The third-order valence-electron chi connectivity index (χ3n) is 4.62. The average Bonchev–Trinajstić information content (AvgIpc) is 3.27. The smallest absolute Gasteiger partial charge is 0.252 e. The molecule has 138 valence electrons. The van der Waals surface area contributed by atoms with Gasteiger partial charge in [-0.05, 0) is 30.2 Å². The van der Waals surface area contributed by atoms with Crippen LogP contribution in [0, 0.1) is 0 Å². The van der Waals surface area contributed by atoms with Gasteiger partial charge in [0.15, 0.2) is 0 Å². The van der Waals surface area contributed by atoms with E-state index in [1.54, 1.807) is 22.7 Å². The summed E-state index contributed by atoms with van der Waals surface area (Å²) in [4.78, 5) is 15.8. The average molecular weight is 429 g/mol. The Balaban J connectivity index is 1.39. The van der Waals surface area contributed by atoms with Crippen molar-refractivity contribution < 1.29 is 13.2 Å². The van der Waals surface area contributed by atoms with Gasteiger partial charge in [-0.2, -0.15) is 4.31 Å². The molecule has 4 rings (SSSR count). The normalized spacial score (nSPS) is 21.0. The fraction of sp³-hybridized carbons (Fsp3) is 0.353. The zero-order valence-electron chi connectivity index (χ0n) is 13.8. The number of amides is 1. The first-order valence-electron chi connectivity index (χ1n) is 8.24. The number of carbonyl (C=O) groups excluding carboxylic acids is 1. The molecule has 3 heterocycles. The molecule has 1 atom stereocenters. The van der Waals surface area contributed by atoms with Gasteiger partial charge in [-0.1, -0.05) is 29.8 Å². The van der Waals surface area contributed by atoms with Gasteiger partial charge in [-0.25, -0.2) is 8.42 Å². The number of sulfonamides is 1. The number of thioether (sulfide) groups is 1. The number of hydrogen-bond donors (Lipinski definition) is 0. The van der Waals surface area contributed by atoms with Crippen LogP contribution in [0.3, 0.4) is 0 Å². The van der Waals surface area contributed by atoms with Crippen molar-refractivity contribution in [1.82, 2.24) is 9.21 Å². The van der Waals surface area contributed by atoms with Crippen LogP contribution in [0.15, 0.2) is 45.5 Å². The SMILES string of the molecule is O=C([C@H]1Cc2ccccc2S1)N1CCN(S(=O)(=O)c2ccc(Cl)s2)CC1. The van der Waals surface area contributed by atoms with E-state index in [1.807, 2.05) is 18.2 Å². The maximum atomic E-state index is 12.8. The minimum atomic E-state index is -3.53. The van der Waals surface area contributed by atoms with Crippen LogP contribution in [0.5, 0.6) is 0 Å². The molecule has 0 saturated carbocycles. The second-order valence-corrected chi connectivity index (χ2v) is 11.3. The lowest BCUT2D eigenvalue weighted by Crippen LogP contribution is -2.52. The van der Waals surface area contributed by atoms with Crippen LogP contribution in [0.25, 0.3) is 0 Å².